The molecule has 0 saturated carbocycles. The number of amides is 1. The van der Waals surface area contributed by atoms with Gasteiger partial charge in [-0.1, -0.05) is 42.4 Å². The summed E-state index contributed by atoms with van der Waals surface area (Å²) in [5.41, 5.74) is 5.25. The van der Waals surface area contributed by atoms with Crippen molar-refractivity contribution in [3.05, 3.63) is 0 Å². The van der Waals surface area contributed by atoms with Crippen molar-refractivity contribution < 1.29 is 29.0 Å². The van der Waals surface area contributed by atoms with E-state index in [-0.39, 0.29) is 29.2 Å². The first-order valence-electron chi connectivity index (χ1n) is 7.67. The normalized spacial score (nSPS) is 13.6. The second kappa shape index (κ2) is 11.4. The Labute approximate surface area is 155 Å². The van der Waals surface area contributed by atoms with Crippen molar-refractivity contribution in [2.24, 2.45) is 5.73 Å². The van der Waals surface area contributed by atoms with Gasteiger partial charge in [-0.15, -0.1) is 0 Å². The quantitative estimate of drug-likeness (QED) is 0.446. The van der Waals surface area contributed by atoms with E-state index in [1.807, 2.05) is 20.8 Å². The number of carbonyl (C=O) groups excluding carboxylic acids is 3. The number of nitrogens with two attached hydrogens (primary N) is 1. The second-order valence-corrected chi connectivity index (χ2v) is 9.56. The van der Waals surface area contributed by atoms with Crippen LogP contribution in [-0.4, -0.2) is 57.9 Å². The number of carboxylic acids is 1. The van der Waals surface area contributed by atoms with Crippen LogP contribution in [0.4, 0.5) is 4.79 Å². The highest BCUT2D eigenvalue weighted by Crippen LogP contribution is 2.35. The van der Waals surface area contributed by atoms with E-state index in [2.05, 4.69) is 5.32 Å². The Balaban J connectivity index is 4.64. The second-order valence-electron chi connectivity index (χ2n) is 6.39. The first kappa shape index (κ1) is 23.7. The molecule has 0 aromatic carbocycles. The first-order valence-corrected chi connectivity index (χ1v) is 9.98. The number of ether oxygens (including phenoxy) is 1. The average Bonchev–Trinajstić information content (AvgIpc) is 2.47. The van der Waals surface area contributed by atoms with E-state index in [0.29, 0.717) is 5.75 Å². The predicted molar refractivity (Wildman–Crippen MR) is 98.6 cm³/mol. The van der Waals surface area contributed by atoms with Gasteiger partial charge in [0, 0.05) is 23.3 Å². The summed E-state index contributed by atoms with van der Waals surface area (Å²) in [5.74, 6) is -1.38. The van der Waals surface area contributed by atoms with Crippen LogP contribution >= 0.6 is 21.6 Å². The van der Waals surface area contributed by atoms with Gasteiger partial charge in [-0.05, 0) is 6.92 Å². The minimum atomic E-state index is -1.33. The number of alkyl carbamates (subject to hydrolysis) is 1. The fourth-order valence-electron chi connectivity index (χ4n) is 1.39. The Morgan fingerprint density at radius 3 is 2.28 bits per heavy atom. The molecule has 0 aliphatic heterocycles. The molecule has 144 valence electrons. The summed E-state index contributed by atoms with van der Waals surface area (Å²) in [5, 5.41) is 11.1. The molecule has 0 spiro atoms. The van der Waals surface area contributed by atoms with E-state index in [1.54, 1.807) is 10.8 Å². The summed E-state index contributed by atoms with van der Waals surface area (Å²) >= 11 is 0. The van der Waals surface area contributed by atoms with Crippen LogP contribution < -0.4 is 11.1 Å². The molecule has 0 unspecified atom stereocenters. The Kier molecular flexibility index (Phi) is 10.8. The SMILES string of the molecule is CC(=O)CCC(=O)[C@H](CSSC(C)(C)C)NC(=O)OC[C@H](N)C(=O)O. The number of ketones is 2. The monoisotopic (exact) mass is 394 g/mol. The fraction of sp³-hybridized carbons (Fsp3) is 0.733. The number of hydrogen-bond donors (Lipinski definition) is 3. The Morgan fingerprint density at radius 1 is 1.20 bits per heavy atom. The molecule has 8 nitrogen and oxygen atoms in total. The summed E-state index contributed by atoms with van der Waals surface area (Å²) in [6, 6.07) is -2.16. The van der Waals surface area contributed by atoms with Crippen molar-refractivity contribution in [2.75, 3.05) is 12.4 Å². The van der Waals surface area contributed by atoms with Crippen LogP contribution in [0.5, 0.6) is 0 Å². The number of carboxylic acid groups (broad SMARTS) is 1. The molecule has 1 amide bonds. The largest absolute Gasteiger partial charge is 0.480 e. The van der Waals surface area contributed by atoms with Gasteiger partial charge in [-0.2, -0.15) is 0 Å². The molecule has 2 atom stereocenters. The van der Waals surface area contributed by atoms with Gasteiger partial charge in [0.1, 0.15) is 24.5 Å². The van der Waals surface area contributed by atoms with Gasteiger partial charge in [-0.3, -0.25) is 9.59 Å². The molecule has 0 saturated heterocycles. The standard InChI is InChI=1S/C15H26N2O6S2/c1-9(18)5-6-12(19)11(8-24-25-15(2,3)4)17-14(22)23-7-10(16)13(20)21/h10-11H,5-8,16H2,1-4H3,(H,17,22)(H,20,21)/t10-,11-/m0/s1. The third-order valence-electron chi connectivity index (χ3n) is 2.66. The van der Waals surface area contributed by atoms with Crippen molar-refractivity contribution in [1.82, 2.24) is 5.32 Å². The van der Waals surface area contributed by atoms with Crippen molar-refractivity contribution in [3.63, 3.8) is 0 Å². The molecule has 0 fully saturated rings. The van der Waals surface area contributed by atoms with Crippen LogP contribution in [0, 0.1) is 0 Å². The highest BCUT2D eigenvalue weighted by Gasteiger charge is 2.24. The van der Waals surface area contributed by atoms with Gasteiger partial charge in [-0.25, -0.2) is 4.79 Å². The summed E-state index contributed by atoms with van der Waals surface area (Å²) in [4.78, 5) is 45.6. The van der Waals surface area contributed by atoms with E-state index >= 15 is 0 Å². The number of rotatable bonds is 11. The molecule has 0 rings (SSSR count). The third kappa shape index (κ3) is 12.7. The minimum Gasteiger partial charge on any atom is -0.480 e. The Morgan fingerprint density at radius 2 is 1.80 bits per heavy atom. The molecule has 4 N–H and O–H groups in total. The van der Waals surface area contributed by atoms with E-state index in [9.17, 15) is 19.2 Å². The van der Waals surface area contributed by atoms with Crippen LogP contribution in [-0.2, 0) is 19.1 Å². The van der Waals surface area contributed by atoms with Gasteiger partial charge in [0.05, 0.1) is 0 Å². The van der Waals surface area contributed by atoms with Crippen LogP contribution in [0.15, 0.2) is 0 Å². The number of carbonyl (C=O) groups is 4. The highest BCUT2D eigenvalue weighted by atomic mass is 33.1. The van der Waals surface area contributed by atoms with E-state index in [0.717, 1.165) is 0 Å². The number of hydrogen-bond acceptors (Lipinski definition) is 8. The topological polar surface area (TPSA) is 136 Å². The van der Waals surface area contributed by atoms with Crippen LogP contribution in [0.3, 0.4) is 0 Å². The maximum atomic E-state index is 12.2. The summed E-state index contributed by atoms with van der Waals surface area (Å²) in [7, 11) is 2.98. The van der Waals surface area contributed by atoms with Crippen molar-refractivity contribution >= 4 is 45.2 Å². The van der Waals surface area contributed by atoms with Crippen molar-refractivity contribution in [2.45, 2.75) is 57.4 Å². The van der Waals surface area contributed by atoms with E-state index in [1.165, 1.54) is 17.7 Å². The third-order valence-corrected chi connectivity index (χ3v) is 6.01. The lowest BCUT2D eigenvalue weighted by molar-refractivity contribution is -0.139. The average molecular weight is 395 g/mol. The fourth-order valence-corrected chi connectivity index (χ4v) is 3.89. The molecule has 25 heavy (non-hydrogen) atoms. The Bertz CT molecular complexity index is 493. The Hall–Kier alpha value is -1.26. The minimum absolute atomic E-state index is 0.0214. The lowest BCUT2D eigenvalue weighted by Crippen LogP contribution is -2.45. The zero-order valence-corrected chi connectivity index (χ0v) is 16.5. The molecule has 10 heteroatoms. The maximum Gasteiger partial charge on any atom is 0.407 e. The van der Waals surface area contributed by atoms with Gasteiger partial charge < -0.3 is 25.7 Å². The summed E-state index contributed by atoms with van der Waals surface area (Å²) in [6.07, 6.45) is -0.790. The van der Waals surface area contributed by atoms with Gasteiger partial charge in [0.15, 0.2) is 5.78 Å². The zero-order valence-electron chi connectivity index (χ0n) is 14.9. The van der Waals surface area contributed by atoms with E-state index in [4.69, 9.17) is 15.6 Å². The lowest BCUT2D eigenvalue weighted by Gasteiger charge is -2.20. The predicted octanol–water partition coefficient (Wildman–Crippen LogP) is 1.61. The van der Waals surface area contributed by atoms with E-state index < -0.39 is 30.8 Å². The van der Waals surface area contributed by atoms with Crippen LogP contribution in [0.25, 0.3) is 0 Å². The maximum absolute atomic E-state index is 12.2. The summed E-state index contributed by atoms with van der Waals surface area (Å²) < 4.78 is 4.71. The molecule has 0 heterocycles. The smallest absolute Gasteiger partial charge is 0.407 e. The molecule has 0 radical (unpaired) electrons. The molecule has 0 aliphatic carbocycles. The molecule has 0 aromatic rings. The number of aliphatic carboxylic acids is 1. The zero-order chi connectivity index (χ0) is 19.6. The molecular formula is C15H26N2O6S2. The lowest BCUT2D eigenvalue weighted by atomic mass is 10.1. The first-order chi connectivity index (χ1) is 11.4. The van der Waals surface area contributed by atoms with Crippen LogP contribution in [0.2, 0.25) is 0 Å². The molecule has 0 aliphatic rings. The van der Waals surface area contributed by atoms with Crippen LogP contribution in [0.1, 0.15) is 40.5 Å². The number of nitrogens with one attached hydrogen (secondary N) is 1. The number of Topliss-reactive ketones (excluding diaryl/α,β-unsaturated/α-hetero) is 2. The van der Waals surface area contributed by atoms with Gasteiger partial charge >= 0.3 is 12.1 Å². The van der Waals surface area contributed by atoms with Gasteiger partial charge in [0.25, 0.3) is 0 Å². The highest BCUT2D eigenvalue weighted by molar-refractivity contribution is 8.77. The summed E-state index contributed by atoms with van der Waals surface area (Å²) in [6.45, 7) is 6.95. The molecule has 0 aromatic heterocycles. The molecule has 0 bridgehead atoms. The van der Waals surface area contributed by atoms with Gasteiger partial charge in [0.2, 0.25) is 0 Å². The van der Waals surface area contributed by atoms with Crippen molar-refractivity contribution in [1.29, 1.82) is 0 Å². The molecular weight excluding hydrogens is 368 g/mol. The van der Waals surface area contributed by atoms with Crippen molar-refractivity contribution in [3.8, 4) is 0 Å².